The molecule has 2 N–H and O–H groups in total. The van der Waals surface area contributed by atoms with Crippen molar-refractivity contribution < 1.29 is 0 Å². The molecule has 2 heterocycles. The molecule has 4 heteroatoms. The predicted molar refractivity (Wildman–Crippen MR) is 88.1 cm³/mol. The topological polar surface area (TPSA) is 44.9 Å². The highest BCUT2D eigenvalue weighted by molar-refractivity contribution is 7.12. The quantitative estimate of drug-likeness (QED) is 0.906. The number of aromatic amines is 1. The molecule has 2 aromatic heterocycles. The summed E-state index contributed by atoms with van der Waals surface area (Å²) in [4.78, 5) is 17.2. The molecule has 112 valence electrons. The van der Waals surface area contributed by atoms with E-state index in [2.05, 4.69) is 37.1 Å². The molecule has 0 radical (unpaired) electrons. The van der Waals surface area contributed by atoms with E-state index >= 15 is 0 Å². The summed E-state index contributed by atoms with van der Waals surface area (Å²) in [6, 6.07) is 6.58. The summed E-state index contributed by atoms with van der Waals surface area (Å²) in [7, 11) is 0. The fourth-order valence-corrected chi connectivity index (χ4v) is 4.37. The lowest BCUT2D eigenvalue weighted by Crippen LogP contribution is -2.29. The van der Waals surface area contributed by atoms with E-state index < -0.39 is 0 Å². The number of aromatic nitrogens is 1. The van der Waals surface area contributed by atoms with Crippen LogP contribution in [0.1, 0.15) is 58.4 Å². The van der Waals surface area contributed by atoms with Crippen molar-refractivity contribution in [2.45, 2.75) is 52.1 Å². The van der Waals surface area contributed by atoms with Gasteiger partial charge in [0, 0.05) is 33.6 Å². The fraction of sp³-hybridized carbons (Fsp3) is 0.471. The average Bonchev–Trinajstić information content (AvgIpc) is 2.77. The van der Waals surface area contributed by atoms with Gasteiger partial charge in [0.15, 0.2) is 0 Å². The van der Waals surface area contributed by atoms with Gasteiger partial charge >= 0.3 is 0 Å². The van der Waals surface area contributed by atoms with Crippen LogP contribution < -0.4 is 10.9 Å². The van der Waals surface area contributed by atoms with E-state index in [1.54, 1.807) is 6.07 Å². The van der Waals surface area contributed by atoms with Gasteiger partial charge in [0.2, 0.25) is 5.56 Å². The molecule has 3 rings (SSSR count). The SMILES string of the molecule is Cc1cc(C(C)NC2CCCc3[nH]c(=O)ccc32)c(C)s1. The number of rotatable bonds is 3. The zero-order valence-corrected chi connectivity index (χ0v) is 13.6. The lowest BCUT2D eigenvalue weighted by molar-refractivity contribution is 0.411. The van der Waals surface area contributed by atoms with Crippen molar-refractivity contribution in [2.75, 3.05) is 0 Å². The standard InChI is InChI=1S/C17H22N2OS/c1-10-9-14(12(3)21-10)11(2)18-15-5-4-6-16-13(15)7-8-17(20)19-16/h7-9,11,15,18H,4-6H2,1-3H3,(H,19,20). The maximum Gasteiger partial charge on any atom is 0.248 e. The maximum atomic E-state index is 11.5. The second-order valence-corrected chi connectivity index (χ2v) is 7.42. The van der Waals surface area contributed by atoms with Crippen LogP contribution in [0.15, 0.2) is 23.0 Å². The van der Waals surface area contributed by atoms with Crippen LogP contribution >= 0.6 is 11.3 Å². The predicted octanol–water partition coefficient (Wildman–Crippen LogP) is 3.78. The molecule has 1 aliphatic carbocycles. The lowest BCUT2D eigenvalue weighted by atomic mass is 9.90. The molecular weight excluding hydrogens is 280 g/mol. The Hall–Kier alpha value is -1.39. The molecular formula is C17H22N2OS. The van der Waals surface area contributed by atoms with Gasteiger partial charge in [0.1, 0.15) is 0 Å². The minimum Gasteiger partial charge on any atom is -0.326 e. The summed E-state index contributed by atoms with van der Waals surface area (Å²) in [6.45, 7) is 6.58. The minimum absolute atomic E-state index is 0.00625. The third-order valence-electron chi connectivity index (χ3n) is 4.33. The molecule has 3 nitrogen and oxygen atoms in total. The molecule has 21 heavy (non-hydrogen) atoms. The van der Waals surface area contributed by atoms with Crippen molar-refractivity contribution in [3.63, 3.8) is 0 Å². The number of nitrogens with one attached hydrogen (secondary N) is 2. The Balaban J connectivity index is 1.83. The van der Waals surface area contributed by atoms with Crippen molar-refractivity contribution in [3.8, 4) is 0 Å². The molecule has 2 aromatic rings. The third kappa shape index (κ3) is 2.97. The summed E-state index contributed by atoms with van der Waals surface area (Å²) in [5.74, 6) is 0. The first-order valence-corrected chi connectivity index (χ1v) is 8.41. The highest BCUT2D eigenvalue weighted by Crippen LogP contribution is 2.32. The van der Waals surface area contributed by atoms with E-state index in [0.717, 1.165) is 25.0 Å². The van der Waals surface area contributed by atoms with E-state index in [0.29, 0.717) is 12.1 Å². The molecule has 0 aromatic carbocycles. The molecule has 0 saturated carbocycles. The first-order valence-electron chi connectivity index (χ1n) is 7.59. The number of thiophene rings is 1. The summed E-state index contributed by atoms with van der Waals surface area (Å²) in [5, 5.41) is 3.75. The smallest absolute Gasteiger partial charge is 0.248 e. The number of H-pyrrole nitrogens is 1. The number of fused-ring (bicyclic) bond motifs is 1. The van der Waals surface area contributed by atoms with Gasteiger partial charge in [0.25, 0.3) is 0 Å². The molecule has 0 amide bonds. The fourth-order valence-electron chi connectivity index (χ4n) is 3.35. The Kier molecular flexibility index (Phi) is 4.00. The molecule has 2 unspecified atom stereocenters. The Bertz CT molecular complexity index is 701. The van der Waals surface area contributed by atoms with E-state index in [-0.39, 0.29) is 5.56 Å². The van der Waals surface area contributed by atoms with Gasteiger partial charge in [0.05, 0.1) is 0 Å². The van der Waals surface area contributed by atoms with Crippen molar-refractivity contribution in [1.82, 2.24) is 10.3 Å². The highest BCUT2D eigenvalue weighted by atomic mass is 32.1. The summed E-state index contributed by atoms with van der Waals surface area (Å²) in [6.07, 6.45) is 3.24. The Morgan fingerprint density at radius 3 is 2.90 bits per heavy atom. The molecule has 0 bridgehead atoms. The second-order valence-electron chi connectivity index (χ2n) is 5.96. The molecule has 0 spiro atoms. The molecule has 1 aliphatic rings. The van der Waals surface area contributed by atoms with Crippen molar-refractivity contribution in [1.29, 1.82) is 0 Å². The minimum atomic E-state index is 0.00625. The zero-order valence-electron chi connectivity index (χ0n) is 12.8. The van der Waals surface area contributed by atoms with Crippen LogP contribution in [-0.2, 0) is 6.42 Å². The maximum absolute atomic E-state index is 11.5. The van der Waals surface area contributed by atoms with E-state index in [1.165, 1.54) is 20.9 Å². The molecule has 0 aliphatic heterocycles. The van der Waals surface area contributed by atoms with Gasteiger partial charge in [-0.2, -0.15) is 0 Å². The van der Waals surface area contributed by atoms with Gasteiger partial charge in [-0.15, -0.1) is 11.3 Å². The van der Waals surface area contributed by atoms with Gasteiger partial charge in [-0.3, -0.25) is 4.79 Å². The Morgan fingerprint density at radius 2 is 2.19 bits per heavy atom. The average molecular weight is 302 g/mol. The van der Waals surface area contributed by atoms with Crippen molar-refractivity contribution in [2.24, 2.45) is 0 Å². The Morgan fingerprint density at radius 1 is 1.38 bits per heavy atom. The molecule has 0 fully saturated rings. The van der Waals surface area contributed by atoms with Crippen LogP contribution in [0.2, 0.25) is 0 Å². The molecule has 0 saturated heterocycles. The van der Waals surface area contributed by atoms with Crippen LogP contribution in [0, 0.1) is 13.8 Å². The van der Waals surface area contributed by atoms with Gasteiger partial charge in [-0.1, -0.05) is 6.07 Å². The normalized spacial score (nSPS) is 19.3. The van der Waals surface area contributed by atoms with Crippen LogP contribution in [0.5, 0.6) is 0 Å². The summed E-state index contributed by atoms with van der Waals surface area (Å²) < 4.78 is 0. The van der Waals surface area contributed by atoms with Crippen LogP contribution in [0.4, 0.5) is 0 Å². The first kappa shape index (κ1) is 14.5. The summed E-state index contributed by atoms with van der Waals surface area (Å²) >= 11 is 1.86. The number of hydrogen-bond acceptors (Lipinski definition) is 3. The van der Waals surface area contributed by atoms with Crippen molar-refractivity contribution >= 4 is 11.3 Å². The van der Waals surface area contributed by atoms with Gasteiger partial charge in [-0.05, 0) is 57.2 Å². The number of hydrogen-bond donors (Lipinski definition) is 2. The van der Waals surface area contributed by atoms with Crippen molar-refractivity contribution in [3.05, 3.63) is 55.1 Å². The zero-order chi connectivity index (χ0) is 15.0. The lowest BCUT2D eigenvalue weighted by Gasteiger charge is -2.29. The van der Waals surface area contributed by atoms with Gasteiger partial charge in [-0.25, -0.2) is 0 Å². The van der Waals surface area contributed by atoms with Crippen LogP contribution in [-0.4, -0.2) is 4.98 Å². The molecule has 2 atom stereocenters. The van der Waals surface area contributed by atoms with E-state index in [4.69, 9.17) is 0 Å². The number of aryl methyl sites for hydroxylation is 3. The number of pyridine rings is 1. The van der Waals surface area contributed by atoms with E-state index in [9.17, 15) is 4.79 Å². The van der Waals surface area contributed by atoms with E-state index in [1.807, 2.05) is 17.4 Å². The Labute approximate surface area is 129 Å². The van der Waals surface area contributed by atoms with Gasteiger partial charge < -0.3 is 10.3 Å². The largest absolute Gasteiger partial charge is 0.326 e. The first-order chi connectivity index (χ1) is 10.0. The van der Waals surface area contributed by atoms with Crippen LogP contribution in [0.25, 0.3) is 0 Å². The second kappa shape index (κ2) is 5.78. The van der Waals surface area contributed by atoms with Crippen LogP contribution in [0.3, 0.4) is 0 Å². The monoisotopic (exact) mass is 302 g/mol. The highest BCUT2D eigenvalue weighted by Gasteiger charge is 2.23. The summed E-state index contributed by atoms with van der Waals surface area (Å²) in [5.41, 5.74) is 3.77. The third-order valence-corrected chi connectivity index (χ3v) is 5.31.